The molecule has 0 amide bonds. The molecule has 4 heteroatoms. The van der Waals surface area contributed by atoms with E-state index in [-0.39, 0.29) is 0 Å². The molecule has 20 heavy (non-hydrogen) atoms. The van der Waals surface area contributed by atoms with Crippen LogP contribution in [0.4, 0.5) is 11.4 Å². The lowest BCUT2D eigenvalue weighted by Gasteiger charge is -2.12. The molecule has 1 aromatic heterocycles. The zero-order valence-corrected chi connectivity index (χ0v) is 11.6. The molecule has 3 rings (SSSR count). The topological polar surface area (TPSA) is 64.1 Å². The largest absolute Gasteiger partial charge is 0.443 e. The van der Waals surface area contributed by atoms with Crippen LogP contribution in [0.3, 0.4) is 0 Å². The molecule has 102 valence electrons. The van der Waals surface area contributed by atoms with Crippen molar-refractivity contribution in [2.75, 3.05) is 11.1 Å². The Morgan fingerprint density at radius 2 is 1.95 bits per heavy atom. The van der Waals surface area contributed by atoms with Crippen LogP contribution in [0.25, 0.3) is 11.1 Å². The average molecular weight is 267 g/mol. The molecule has 0 aliphatic carbocycles. The van der Waals surface area contributed by atoms with E-state index < -0.39 is 0 Å². The fourth-order valence-corrected chi connectivity index (χ4v) is 2.20. The molecule has 0 unspecified atom stereocenters. The first-order valence-electron chi connectivity index (χ1n) is 6.56. The first-order valence-corrected chi connectivity index (χ1v) is 6.56. The number of fused-ring (bicyclic) bond motifs is 1. The third kappa shape index (κ3) is 2.32. The predicted molar refractivity (Wildman–Crippen MR) is 81.7 cm³/mol. The second-order valence-electron chi connectivity index (χ2n) is 5.03. The van der Waals surface area contributed by atoms with Gasteiger partial charge in [0.25, 0.3) is 0 Å². The second-order valence-corrected chi connectivity index (χ2v) is 5.03. The third-order valence-corrected chi connectivity index (χ3v) is 3.54. The van der Waals surface area contributed by atoms with Crippen molar-refractivity contribution in [2.24, 2.45) is 0 Å². The van der Waals surface area contributed by atoms with Crippen LogP contribution in [0.15, 0.2) is 41.1 Å². The van der Waals surface area contributed by atoms with Gasteiger partial charge in [-0.05, 0) is 54.8 Å². The van der Waals surface area contributed by atoms with Crippen LogP contribution < -0.4 is 11.1 Å². The van der Waals surface area contributed by atoms with Gasteiger partial charge in [0.15, 0.2) is 12.0 Å². The van der Waals surface area contributed by atoms with E-state index in [0.717, 1.165) is 28.0 Å². The summed E-state index contributed by atoms with van der Waals surface area (Å²) in [6.45, 7) is 4.84. The number of nitrogens with two attached hydrogens (primary N) is 1. The zero-order chi connectivity index (χ0) is 14.1. The summed E-state index contributed by atoms with van der Waals surface area (Å²) in [4.78, 5) is 4.11. The standard InChI is InChI=1S/C16H17N3O/c1-10-5-13(17)15(6-11(10)2)18-8-12-3-4-14-16(7-12)20-9-19-14/h3-7,9,18H,8,17H2,1-2H3. The summed E-state index contributed by atoms with van der Waals surface area (Å²) in [7, 11) is 0. The van der Waals surface area contributed by atoms with E-state index in [1.54, 1.807) is 0 Å². The van der Waals surface area contributed by atoms with E-state index in [0.29, 0.717) is 6.54 Å². The van der Waals surface area contributed by atoms with Crippen molar-refractivity contribution in [1.82, 2.24) is 4.98 Å². The van der Waals surface area contributed by atoms with Crippen molar-refractivity contribution in [2.45, 2.75) is 20.4 Å². The molecule has 1 heterocycles. The van der Waals surface area contributed by atoms with Gasteiger partial charge in [0, 0.05) is 6.54 Å². The lowest BCUT2D eigenvalue weighted by atomic mass is 10.1. The van der Waals surface area contributed by atoms with Gasteiger partial charge in [-0.15, -0.1) is 0 Å². The minimum Gasteiger partial charge on any atom is -0.443 e. The quantitative estimate of drug-likeness (QED) is 0.711. The Hall–Kier alpha value is -2.49. The Labute approximate surface area is 117 Å². The van der Waals surface area contributed by atoms with E-state index in [2.05, 4.69) is 30.2 Å². The van der Waals surface area contributed by atoms with Crippen molar-refractivity contribution in [3.05, 3.63) is 53.4 Å². The third-order valence-electron chi connectivity index (χ3n) is 3.54. The minimum atomic E-state index is 0.698. The zero-order valence-electron chi connectivity index (χ0n) is 11.6. The molecule has 0 saturated carbocycles. The molecule has 2 aromatic carbocycles. The molecule has 0 aliphatic rings. The van der Waals surface area contributed by atoms with Crippen molar-refractivity contribution < 1.29 is 4.42 Å². The van der Waals surface area contributed by atoms with Crippen LogP contribution in [0.1, 0.15) is 16.7 Å². The van der Waals surface area contributed by atoms with Gasteiger partial charge in [0.1, 0.15) is 5.52 Å². The van der Waals surface area contributed by atoms with Crippen LogP contribution in [-0.2, 0) is 6.54 Å². The number of anilines is 2. The Morgan fingerprint density at radius 1 is 1.15 bits per heavy atom. The van der Waals surface area contributed by atoms with Crippen molar-refractivity contribution >= 4 is 22.5 Å². The molecule has 0 fully saturated rings. The molecular formula is C16H17N3O. The van der Waals surface area contributed by atoms with E-state index in [9.17, 15) is 0 Å². The Balaban J connectivity index is 1.80. The average Bonchev–Trinajstić information content (AvgIpc) is 2.89. The molecule has 0 aliphatic heterocycles. The second kappa shape index (κ2) is 4.89. The number of rotatable bonds is 3. The van der Waals surface area contributed by atoms with Crippen LogP contribution >= 0.6 is 0 Å². The summed E-state index contributed by atoms with van der Waals surface area (Å²) in [5, 5.41) is 3.37. The normalized spacial score (nSPS) is 10.9. The smallest absolute Gasteiger partial charge is 0.181 e. The van der Waals surface area contributed by atoms with Gasteiger partial charge < -0.3 is 15.5 Å². The van der Waals surface area contributed by atoms with Crippen LogP contribution in [0, 0.1) is 13.8 Å². The maximum absolute atomic E-state index is 6.04. The Bertz CT molecular complexity index is 762. The molecule has 0 bridgehead atoms. The molecule has 0 radical (unpaired) electrons. The van der Waals surface area contributed by atoms with Gasteiger partial charge in [0.05, 0.1) is 11.4 Å². The number of aromatic nitrogens is 1. The molecule has 0 spiro atoms. The van der Waals surface area contributed by atoms with Gasteiger partial charge in [-0.25, -0.2) is 4.98 Å². The SMILES string of the molecule is Cc1cc(N)c(NCc2ccc3ncoc3c2)cc1C. The molecule has 4 nitrogen and oxygen atoms in total. The molecule has 0 saturated heterocycles. The molecular weight excluding hydrogens is 250 g/mol. The lowest BCUT2D eigenvalue weighted by molar-refractivity contribution is 0.602. The lowest BCUT2D eigenvalue weighted by Crippen LogP contribution is -2.03. The van der Waals surface area contributed by atoms with E-state index in [1.165, 1.54) is 17.5 Å². The highest BCUT2D eigenvalue weighted by molar-refractivity contribution is 5.73. The number of nitrogens with zero attached hydrogens (tertiary/aromatic N) is 1. The number of hydrogen-bond donors (Lipinski definition) is 2. The van der Waals surface area contributed by atoms with E-state index in [1.807, 2.05) is 24.3 Å². The highest BCUT2D eigenvalue weighted by Gasteiger charge is 2.04. The van der Waals surface area contributed by atoms with Crippen molar-refractivity contribution in [3.63, 3.8) is 0 Å². The first-order chi connectivity index (χ1) is 9.63. The van der Waals surface area contributed by atoms with Crippen LogP contribution in [0.5, 0.6) is 0 Å². The number of benzene rings is 2. The van der Waals surface area contributed by atoms with Gasteiger partial charge in [-0.2, -0.15) is 0 Å². The molecule has 3 N–H and O–H groups in total. The number of hydrogen-bond acceptors (Lipinski definition) is 4. The highest BCUT2D eigenvalue weighted by atomic mass is 16.3. The van der Waals surface area contributed by atoms with Gasteiger partial charge in [-0.3, -0.25) is 0 Å². The minimum absolute atomic E-state index is 0.698. The number of aryl methyl sites for hydroxylation is 2. The maximum atomic E-state index is 6.04. The number of oxazole rings is 1. The molecule has 3 aromatic rings. The van der Waals surface area contributed by atoms with Gasteiger partial charge in [-0.1, -0.05) is 6.07 Å². The fourth-order valence-electron chi connectivity index (χ4n) is 2.20. The summed E-state index contributed by atoms with van der Waals surface area (Å²) in [6, 6.07) is 10.1. The summed E-state index contributed by atoms with van der Waals surface area (Å²) < 4.78 is 5.31. The Morgan fingerprint density at radius 3 is 2.80 bits per heavy atom. The summed E-state index contributed by atoms with van der Waals surface area (Å²) in [6.07, 6.45) is 1.46. The van der Waals surface area contributed by atoms with E-state index >= 15 is 0 Å². The fraction of sp³-hybridized carbons (Fsp3) is 0.188. The van der Waals surface area contributed by atoms with Crippen molar-refractivity contribution in [3.8, 4) is 0 Å². The predicted octanol–water partition coefficient (Wildman–Crippen LogP) is 3.64. The molecule has 0 atom stereocenters. The van der Waals surface area contributed by atoms with Gasteiger partial charge >= 0.3 is 0 Å². The number of nitrogens with one attached hydrogen (secondary N) is 1. The summed E-state index contributed by atoms with van der Waals surface area (Å²) in [5.41, 5.74) is 13.0. The summed E-state index contributed by atoms with van der Waals surface area (Å²) >= 11 is 0. The van der Waals surface area contributed by atoms with E-state index in [4.69, 9.17) is 10.2 Å². The monoisotopic (exact) mass is 267 g/mol. The highest BCUT2D eigenvalue weighted by Crippen LogP contribution is 2.24. The van der Waals surface area contributed by atoms with Crippen LogP contribution in [-0.4, -0.2) is 4.98 Å². The Kier molecular flexibility index (Phi) is 3.06. The maximum Gasteiger partial charge on any atom is 0.181 e. The first kappa shape index (κ1) is 12.5. The van der Waals surface area contributed by atoms with Crippen LogP contribution in [0.2, 0.25) is 0 Å². The summed E-state index contributed by atoms with van der Waals surface area (Å²) in [5.74, 6) is 0. The number of nitrogen functional groups attached to an aromatic ring is 1. The van der Waals surface area contributed by atoms with Gasteiger partial charge in [0.2, 0.25) is 0 Å². The van der Waals surface area contributed by atoms with Crippen molar-refractivity contribution in [1.29, 1.82) is 0 Å².